The topological polar surface area (TPSA) is 91.6 Å². The molecule has 1 aliphatic rings. The molecule has 0 bridgehead atoms. The summed E-state index contributed by atoms with van der Waals surface area (Å²) in [4.78, 5) is 31.2. The van der Waals surface area contributed by atoms with Crippen molar-refractivity contribution in [3.8, 4) is 0 Å². The summed E-state index contributed by atoms with van der Waals surface area (Å²) >= 11 is 1.50. The number of anilines is 1. The highest BCUT2D eigenvalue weighted by Gasteiger charge is 2.20. The second-order valence-corrected chi connectivity index (χ2v) is 7.98. The number of non-ortho nitro benzene ring substituents is 1. The monoisotopic (exact) mass is 429 g/mol. The van der Waals surface area contributed by atoms with Crippen molar-refractivity contribution in [3.05, 3.63) is 64.0 Å². The van der Waals surface area contributed by atoms with E-state index in [4.69, 9.17) is 0 Å². The van der Waals surface area contributed by atoms with E-state index in [-0.39, 0.29) is 17.4 Å². The van der Waals surface area contributed by atoms with E-state index in [1.807, 2.05) is 6.07 Å². The number of para-hydroxylation sites is 1. The lowest BCUT2D eigenvalue weighted by Crippen LogP contribution is -2.48. The van der Waals surface area contributed by atoms with Crippen molar-refractivity contribution in [1.82, 2.24) is 15.2 Å². The van der Waals surface area contributed by atoms with Gasteiger partial charge in [0, 0.05) is 57.0 Å². The molecule has 0 atom stereocenters. The molecule has 1 saturated heterocycles. The molecule has 1 aromatic heterocycles. The average Bonchev–Trinajstić information content (AvgIpc) is 3.20. The normalized spacial score (nSPS) is 14.8. The summed E-state index contributed by atoms with van der Waals surface area (Å²) in [6, 6.07) is 10.5. The van der Waals surface area contributed by atoms with E-state index >= 15 is 0 Å². The molecule has 2 aromatic carbocycles. The number of nitrogens with one attached hydrogen (secondary N) is 1. The summed E-state index contributed by atoms with van der Waals surface area (Å²) in [7, 11) is 0. The van der Waals surface area contributed by atoms with Crippen LogP contribution in [0.3, 0.4) is 0 Å². The molecule has 10 heteroatoms. The number of nitro benzene ring substituents is 1. The van der Waals surface area contributed by atoms with Crippen LogP contribution in [-0.2, 0) is 0 Å². The van der Waals surface area contributed by atoms with Crippen LogP contribution in [-0.4, -0.2) is 60.0 Å². The van der Waals surface area contributed by atoms with Crippen LogP contribution in [0, 0.1) is 15.9 Å². The zero-order valence-corrected chi connectivity index (χ0v) is 16.9. The summed E-state index contributed by atoms with van der Waals surface area (Å²) < 4.78 is 14.7. The highest BCUT2D eigenvalue weighted by Crippen LogP contribution is 2.30. The lowest BCUT2D eigenvalue weighted by molar-refractivity contribution is -0.384. The molecule has 1 amide bonds. The molecule has 1 fully saturated rings. The first-order valence-corrected chi connectivity index (χ1v) is 10.4. The minimum Gasteiger partial charge on any atom is -0.351 e. The van der Waals surface area contributed by atoms with Crippen molar-refractivity contribution >= 4 is 38.3 Å². The van der Waals surface area contributed by atoms with Gasteiger partial charge < -0.3 is 10.2 Å². The Labute approximate surface area is 176 Å². The highest BCUT2D eigenvalue weighted by molar-refractivity contribution is 7.22. The number of nitro groups is 1. The largest absolute Gasteiger partial charge is 0.351 e. The zero-order valence-electron chi connectivity index (χ0n) is 16.1. The van der Waals surface area contributed by atoms with Crippen LogP contribution in [0.5, 0.6) is 0 Å². The van der Waals surface area contributed by atoms with Crippen LogP contribution in [0.4, 0.5) is 15.2 Å². The van der Waals surface area contributed by atoms with Gasteiger partial charge in [0.1, 0.15) is 11.3 Å². The Kier molecular flexibility index (Phi) is 5.86. The third-order valence-electron chi connectivity index (χ3n) is 5.06. The van der Waals surface area contributed by atoms with Crippen LogP contribution >= 0.6 is 11.3 Å². The van der Waals surface area contributed by atoms with Gasteiger partial charge in [-0.15, -0.1) is 0 Å². The summed E-state index contributed by atoms with van der Waals surface area (Å²) in [5, 5.41) is 14.4. The van der Waals surface area contributed by atoms with Gasteiger partial charge in [-0.2, -0.15) is 0 Å². The molecule has 0 saturated carbocycles. The molecular formula is C20H20FN5O3S. The van der Waals surface area contributed by atoms with Gasteiger partial charge >= 0.3 is 0 Å². The molecule has 1 N–H and O–H groups in total. The summed E-state index contributed by atoms with van der Waals surface area (Å²) in [5.74, 6) is -0.544. The van der Waals surface area contributed by atoms with Gasteiger partial charge in [-0.3, -0.25) is 19.8 Å². The fourth-order valence-electron chi connectivity index (χ4n) is 3.37. The summed E-state index contributed by atoms with van der Waals surface area (Å²) in [6.07, 6.45) is 0. The van der Waals surface area contributed by atoms with E-state index in [2.05, 4.69) is 20.1 Å². The van der Waals surface area contributed by atoms with E-state index in [0.29, 0.717) is 24.2 Å². The second kappa shape index (κ2) is 8.72. The molecule has 4 rings (SSSR count). The molecule has 3 aromatic rings. The van der Waals surface area contributed by atoms with E-state index in [0.717, 1.165) is 36.0 Å². The Bertz CT molecular complexity index is 1060. The molecule has 30 heavy (non-hydrogen) atoms. The first kappa shape index (κ1) is 20.2. The van der Waals surface area contributed by atoms with Gasteiger partial charge in [-0.1, -0.05) is 17.4 Å². The Hall–Kier alpha value is -3.11. The van der Waals surface area contributed by atoms with E-state index in [1.165, 1.54) is 41.7 Å². The Morgan fingerprint density at radius 2 is 1.90 bits per heavy atom. The van der Waals surface area contributed by atoms with Crippen LogP contribution < -0.4 is 10.2 Å². The number of rotatable bonds is 6. The maximum absolute atomic E-state index is 13.9. The number of benzene rings is 2. The van der Waals surface area contributed by atoms with Gasteiger partial charge in [0.2, 0.25) is 0 Å². The van der Waals surface area contributed by atoms with Gasteiger partial charge in [-0.25, -0.2) is 9.37 Å². The number of halogens is 1. The van der Waals surface area contributed by atoms with Gasteiger partial charge in [0.05, 0.1) is 9.62 Å². The Balaban J connectivity index is 1.24. The fourth-order valence-corrected chi connectivity index (χ4v) is 4.40. The molecule has 0 radical (unpaired) electrons. The van der Waals surface area contributed by atoms with Crippen LogP contribution in [0.1, 0.15) is 10.4 Å². The molecule has 156 valence electrons. The first-order chi connectivity index (χ1) is 14.5. The van der Waals surface area contributed by atoms with Crippen LogP contribution in [0.25, 0.3) is 10.2 Å². The standard InChI is InChI=1S/C20H20FN5O3S/c21-16-2-1-3-17-18(16)23-20(30-17)25-12-10-24(11-13-25)9-8-22-19(27)14-4-6-15(7-5-14)26(28)29/h1-7H,8-13H2,(H,22,27). The first-order valence-electron chi connectivity index (χ1n) is 9.56. The van der Waals surface area contributed by atoms with Crippen molar-refractivity contribution in [2.75, 3.05) is 44.2 Å². The van der Waals surface area contributed by atoms with Crippen molar-refractivity contribution in [2.45, 2.75) is 0 Å². The SMILES string of the molecule is O=C(NCCN1CCN(c2nc3c(F)cccc3s2)CC1)c1ccc([N+](=O)[O-])cc1. The predicted molar refractivity (Wildman–Crippen MR) is 114 cm³/mol. The fraction of sp³-hybridized carbons (Fsp3) is 0.300. The number of hydrogen-bond acceptors (Lipinski definition) is 7. The molecule has 0 spiro atoms. The average molecular weight is 429 g/mol. The number of carbonyl (C=O) groups is 1. The highest BCUT2D eigenvalue weighted by atomic mass is 32.1. The number of piperazine rings is 1. The number of amides is 1. The third kappa shape index (κ3) is 4.39. The van der Waals surface area contributed by atoms with Gasteiger partial charge in [0.25, 0.3) is 11.6 Å². The molecular weight excluding hydrogens is 409 g/mol. The van der Waals surface area contributed by atoms with E-state index < -0.39 is 4.92 Å². The Morgan fingerprint density at radius 1 is 1.17 bits per heavy atom. The molecule has 0 aliphatic carbocycles. The molecule has 8 nitrogen and oxygen atoms in total. The molecule has 1 aliphatic heterocycles. The number of aromatic nitrogens is 1. The third-order valence-corrected chi connectivity index (χ3v) is 6.14. The summed E-state index contributed by atoms with van der Waals surface area (Å²) in [6.45, 7) is 4.43. The van der Waals surface area contributed by atoms with Crippen LogP contribution in [0.15, 0.2) is 42.5 Å². The van der Waals surface area contributed by atoms with Crippen molar-refractivity contribution in [3.63, 3.8) is 0 Å². The second-order valence-electron chi connectivity index (χ2n) is 6.97. The van der Waals surface area contributed by atoms with E-state index in [9.17, 15) is 19.3 Å². The number of carbonyl (C=O) groups excluding carboxylic acids is 1. The van der Waals surface area contributed by atoms with Crippen molar-refractivity contribution in [1.29, 1.82) is 0 Å². The molecule has 2 heterocycles. The number of thiazole rings is 1. The maximum atomic E-state index is 13.9. The van der Waals surface area contributed by atoms with Gasteiger partial charge in [0.15, 0.2) is 5.13 Å². The van der Waals surface area contributed by atoms with Crippen LogP contribution in [0.2, 0.25) is 0 Å². The van der Waals surface area contributed by atoms with Crippen molar-refractivity contribution in [2.24, 2.45) is 0 Å². The zero-order chi connectivity index (χ0) is 21.1. The number of nitrogens with zero attached hydrogens (tertiary/aromatic N) is 4. The quantitative estimate of drug-likeness (QED) is 0.479. The number of fused-ring (bicyclic) bond motifs is 1. The Morgan fingerprint density at radius 3 is 2.57 bits per heavy atom. The maximum Gasteiger partial charge on any atom is 0.269 e. The lowest BCUT2D eigenvalue weighted by Gasteiger charge is -2.34. The predicted octanol–water partition coefficient (Wildman–Crippen LogP) is 2.90. The van der Waals surface area contributed by atoms with Crippen molar-refractivity contribution < 1.29 is 14.1 Å². The number of hydrogen-bond donors (Lipinski definition) is 1. The van der Waals surface area contributed by atoms with E-state index in [1.54, 1.807) is 6.07 Å². The minimum absolute atomic E-state index is 0.0414. The molecule has 0 unspecified atom stereocenters. The lowest BCUT2D eigenvalue weighted by atomic mass is 10.2. The summed E-state index contributed by atoms with van der Waals surface area (Å²) in [5.41, 5.74) is 0.780. The minimum atomic E-state index is -0.494. The van der Waals surface area contributed by atoms with Gasteiger partial charge in [-0.05, 0) is 24.3 Å². The smallest absolute Gasteiger partial charge is 0.269 e.